The molecule has 2 aliphatic carbocycles. The zero-order chi connectivity index (χ0) is 15.3. The van der Waals surface area contributed by atoms with Crippen LogP contribution in [0.3, 0.4) is 0 Å². The second kappa shape index (κ2) is 4.69. The van der Waals surface area contributed by atoms with E-state index in [1.54, 1.807) is 12.1 Å². The van der Waals surface area contributed by atoms with Crippen molar-refractivity contribution in [3.63, 3.8) is 0 Å². The van der Waals surface area contributed by atoms with Crippen LogP contribution in [-0.2, 0) is 0 Å². The molecule has 0 saturated heterocycles. The summed E-state index contributed by atoms with van der Waals surface area (Å²) in [5.74, 6) is -0.655. The predicted molar refractivity (Wildman–Crippen MR) is 82.2 cm³/mol. The van der Waals surface area contributed by atoms with Crippen molar-refractivity contribution in [3.8, 4) is 0 Å². The lowest BCUT2D eigenvalue weighted by Crippen LogP contribution is -2.43. The van der Waals surface area contributed by atoms with E-state index in [0.717, 1.165) is 22.4 Å². The summed E-state index contributed by atoms with van der Waals surface area (Å²) in [5.41, 5.74) is 5.21. The minimum absolute atomic E-state index is 0.0470. The van der Waals surface area contributed by atoms with E-state index in [4.69, 9.17) is 0 Å². The van der Waals surface area contributed by atoms with Crippen LogP contribution in [-0.4, -0.2) is 18.6 Å². The Morgan fingerprint density at radius 1 is 0.857 bits per heavy atom. The van der Waals surface area contributed by atoms with Crippen molar-refractivity contribution in [3.05, 3.63) is 57.8 Å². The van der Waals surface area contributed by atoms with E-state index in [9.17, 15) is 9.59 Å². The van der Waals surface area contributed by atoms with Crippen molar-refractivity contribution in [2.24, 2.45) is 11.8 Å². The summed E-state index contributed by atoms with van der Waals surface area (Å²) < 4.78 is 0. The highest BCUT2D eigenvalue weighted by Crippen LogP contribution is 2.44. The van der Waals surface area contributed by atoms with Crippen LogP contribution in [0, 0.1) is 11.8 Å². The number of carbonyl (C=O) groups excluding carboxylic acids is 2. The van der Waals surface area contributed by atoms with Gasteiger partial charge >= 0.3 is 0 Å². The van der Waals surface area contributed by atoms with Crippen LogP contribution in [0.1, 0.15) is 41.5 Å². The summed E-state index contributed by atoms with van der Waals surface area (Å²) in [6, 6.07) is 7.16. The second-order valence-electron chi connectivity index (χ2n) is 5.83. The number of hydrogen-bond acceptors (Lipinski definition) is 3. The van der Waals surface area contributed by atoms with Gasteiger partial charge in [-0.3, -0.25) is 9.59 Å². The Bertz CT molecular complexity index is 724. The number of nitrogens with one attached hydrogen (secondary N) is 1. The molecule has 0 aromatic heterocycles. The van der Waals surface area contributed by atoms with Gasteiger partial charge in [-0.05, 0) is 31.9 Å². The molecule has 0 saturated carbocycles. The number of fused-ring (bicyclic) bond motifs is 2. The fourth-order valence-corrected chi connectivity index (χ4v) is 3.60. The lowest BCUT2D eigenvalue weighted by Gasteiger charge is -2.38. The summed E-state index contributed by atoms with van der Waals surface area (Å²) in [4.78, 5) is 25.8. The molecule has 1 aromatic carbocycles. The number of Topliss-reactive ketones (excluding diaryl/α,β-unsaturated/α-hetero) is 2. The van der Waals surface area contributed by atoms with Gasteiger partial charge in [-0.1, -0.05) is 29.8 Å². The fourth-order valence-electron chi connectivity index (χ4n) is 3.60. The monoisotopic (exact) mass is 281 g/mol. The summed E-state index contributed by atoms with van der Waals surface area (Å²) in [5, 5.41) is 3.16. The van der Waals surface area contributed by atoms with Crippen LogP contribution in [0.5, 0.6) is 0 Å². The third-order valence-electron chi connectivity index (χ3n) is 4.96. The molecule has 0 fully saturated rings. The van der Waals surface area contributed by atoms with Crippen molar-refractivity contribution < 1.29 is 9.59 Å². The minimum Gasteiger partial charge on any atom is -0.391 e. The lowest BCUT2D eigenvalue weighted by molar-refractivity contribution is 0.0779. The van der Waals surface area contributed by atoms with Gasteiger partial charge in [-0.2, -0.15) is 0 Å². The second-order valence-corrected chi connectivity index (χ2v) is 5.83. The molecule has 2 atom stereocenters. The predicted octanol–water partition coefficient (Wildman–Crippen LogP) is 3.14. The number of ketones is 2. The van der Waals surface area contributed by atoms with Gasteiger partial charge in [-0.15, -0.1) is 0 Å². The van der Waals surface area contributed by atoms with E-state index < -0.39 is 5.92 Å². The van der Waals surface area contributed by atoms with E-state index >= 15 is 0 Å². The van der Waals surface area contributed by atoms with Crippen LogP contribution < -0.4 is 5.32 Å². The van der Waals surface area contributed by atoms with Crippen LogP contribution in [0.2, 0.25) is 0 Å². The first-order valence-corrected chi connectivity index (χ1v) is 7.22. The van der Waals surface area contributed by atoms with Gasteiger partial charge in [0, 0.05) is 23.9 Å². The molecule has 1 N–H and O–H groups in total. The maximum Gasteiger partial charge on any atom is 0.173 e. The Balaban J connectivity index is 2.29. The molecule has 108 valence electrons. The van der Waals surface area contributed by atoms with Crippen LogP contribution in [0.4, 0.5) is 0 Å². The molecule has 0 spiro atoms. The molecule has 3 heteroatoms. The molecule has 0 heterocycles. The van der Waals surface area contributed by atoms with Crippen molar-refractivity contribution in [1.82, 2.24) is 5.32 Å². The van der Waals surface area contributed by atoms with Crippen LogP contribution in [0.15, 0.2) is 46.7 Å². The third-order valence-corrected chi connectivity index (χ3v) is 4.96. The minimum atomic E-state index is -0.402. The van der Waals surface area contributed by atoms with Crippen molar-refractivity contribution in [2.75, 3.05) is 7.05 Å². The van der Waals surface area contributed by atoms with Gasteiger partial charge in [0.15, 0.2) is 11.6 Å². The van der Waals surface area contributed by atoms with Gasteiger partial charge < -0.3 is 5.32 Å². The number of allylic oxidation sites excluding steroid dienone is 4. The molecule has 0 radical (unpaired) electrons. The first-order chi connectivity index (χ1) is 9.99. The Morgan fingerprint density at radius 3 is 1.90 bits per heavy atom. The van der Waals surface area contributed by atoms with Crippen molar-refractivity contribution >= 4 is 11.6 Å². The van der Waals surface area contributed by atoms with E-state index in [1.165, 1.54) is 0 Å². The summed E-state index contributed by atoms with van der Waals surface area (Å²) in [7, 11) is 1.82. The highest BCUT2D eigenvalue weighted by atomic mass is 16.1. The molecule has 0 amide bonds. The maximum absolute atomic E-state index is 12.9. The molecule has 21 heavy (non-hydrogen) atoms. The standard InChI is InChI=1S/C18H19NO2/c1-9-10(2)14-15(16(19-4)11(9)3)18(21)13-8-6-5-7-12(13)17(14)20/h5-8,14-15,19H,1-4H3. The normalized spacial score (nSPS) is 25.0. The van der Waals surface area contributed by atoms with E-state index in [0.29, 0.717) is 11.1 Å². The van der Waals surface area contributed by atoms with Crippen LogP contribution >= 0.6 is 0 Å². The Hall–Kier alpha value is -2.16. The number of hydrogen-bond donors (Lipinski definition) is 1. The molecule has 0 aliphatic heterocycles. The van der Waals surface area contributed by atoms with Crippen molar-refractivity contribution in [2.45, 2.75) is 20.8 Å². The molecule has 3 rings (SSSR count). The maximum atomic E-state index is 12.9. The molecule has 2 unspecified atom stereocenters. The first-order valence-electron chi connectivity index (χ1n) is 7.22. The SMILES string of the molecule is CNC1=C(C)C(C)=C(C)C2C(=O)c3ccccc3C(=O)C12. The van der Waals surface area contributed by atoms with Gasteiger partial charge in [0.05, 0.1) is 11.8 Å². The highest BCUT2D eigenvalue weighted by Gasteiger charge is 2.46. The summed E-state index contributed by atoms with van der Waals surface area (Å²) in [6.45, 7) is 6.01. The average Bonchev–Trinajstić information content (AvgIpc) is 2.50. The topological polar surface area (TPSA) is 46.2 Å². The molecule has 0 bridgehead atoms. The van der Waals surface area contributed by atoms with Gasteiger partial charge in [0.2, 0.25) is 0 Å². The summed E-state index contributed by atoms with van der Waals surface area (Å²) in [6.07, 6.45) is 0. The molecular formula is C18H19NO2. The number of rotatable bonds is 1. The Labute approximate surface area is 124 Å². The fraction of sp³-hybridized carbons (Fsp3) is 0.333. The van der Waals surface area contributed by atoms with Crippen LogP contribution in [0.25, 0.3) is 0 Å². The first kappa shape index (κ1) is 13.8. The van der Waals surface area contributed by atoms with E-state index in [2.05, 4.69) is 5.32 Å². The molecule has 3 nitrogen and oxygen atoms in total. The Morgan fingerprint density at radius 2 is 1.38 bits per heavy atom. The van der Waals surface area contributed by atoms with Gasteiger partial charge in [0.25, 0.3) is 0 Å². The molecular weight excluding hydrogens is 262 g/mol. The lowest BCUT2D eigenvalue weighted by atomic mass is 9.65. The highest BCUT2D eigenvalue weighted by molar-refractivity contribution is 6.18. The smallest absolute Gasteiger partial charge is 0.173 e. The zero-order valence-corrected chi connectivity index (χ0v) is 12.8. The largest absolute Gasteiger partial charge is 0.391 e. The number of benzene rings is 1. The van der Waals surface area contributed by atoms with Gasteiger partial charge in [-0.25, -0.2) is 0 Å². The summed E-state index contributed by atoms with van der Waals surface area (Å²) >= 11 is 0. The molecule has 2 aliphatic rings. The Kier molecular flexibility index (Phi) is 3.08. The van der Waals surface area contributed by atoms with E-state index in [-0.39, 0.29) is 17.5 Å². The van der Waals surface area contributed by atoms with Gasteiger partial charge in [0.1, 0.15) is 0 Å². The van der Waals surface area contributed by atoms with Crippen molar-refractivity contribution in [1.29, 1.82) is 0 Å². The average molecular weight is 281 g/mol. The number of carbonyl (C=O) groups is 2. The third kappa shape index (κ3) is 1.73. The molecule has 1 aromatic rings. The quantitative estimate of drug-likeness (QED) is 0.860. The zero-order valence-electron chi connectivity index (χ0n) is 12.8. The van der Waals surface area contributed by atoms with E-state index in [1.807, 2.05) is 40.0 Å².